The highest BCUT2D eigenvalue weighted by Crippen LogP contribution is 1.92. The van der Waals surface area contributed by atoms with Crippen molar-refractivity contribution >= 4 is 48.0 Å². The molecule has 1 fully saturated rings. The van der Waals surface area contributed by atoms with Crippen molar-refractivity contribution in [1.82, 2.24) is 20.3 Å². The number of hydrogen-bond acceptors (Lipinski definition) is 4. The van der Waals surface area contributed by atoms with Crippen LogP contribution >= 0.6 is 0 Å². The van der Waals surface area contributed by atoms with Crippen molar-refractivity contribution in [2.45, 2.75) is 73.8 Å². The van der Waals surface area contributed by atoms with Gasteiger partial charge in [0.15, 0.2) is 0 Å². The summed E-state index contributed by atoms with van der Waals surface area (Å²) >= 11 is 0. The van der Waals surface area contributed by atoms with Crippen LogP contribution in [0.4, 0.5) is 0 Å². The van der Waals surface area contributed by atoms with Gasteiger partial charge < -0.3 is 20.3 Å². The molecule has 0 unspecified atom stereocenters. The quantitative estimate of drug-likeness (QED) is 0.576. The van der Waals surface area contributed by atoms with Crippen molar-refractivity contribution in [2.75, 3.05) is 0 Å². The maximum atomic E-state index is 3.47. The molecule has 0 aliphatic carbocycles. The summed E-state index contributed by atoms with van der Waals surface area (Å²) in [5.41, 5.74) is 0. The molecule has 1 heterocycles. The van der Waals surface area contributed by atoms with Gasteiger partial charge in [0.1, 0.15) is 8.24 Å². The van der Waals surface area contributed by atoms with Crippen molar-refractivity contribution < 1.29 is 0 Å². The molecule has 0 aromatic carbocycles. The minimum Gasteiger partial charge on any atom is -0.379 e. The first kappa shape index (κ1) is 29.7. The van der Waals surface area contributed by atoms with Crippen LogP contribution in [0.25, 0.3) is 0 Å². The molecule has 1 rings (SSSR count). The zero-order chi connectivity index (χ0) is 15.5. The van der Waals surface area contributed by atoms with Gasteiger partial charge in [-0.3, -0.25) is 0 Å². The molecular formula is C11H41B3N4Si3. The van der Waals surface area contributed by atoms with Crippen LogP contribution in [0, 0.1) is 0 Å². The molecule has 4 nitrogen and oxygen atoms in total. The first-order valence-electron chi connectivity index (χ1n) is 7.23. The van der Waals surface area contributed by atoms with Crippen LogP contribution in [0.2, 0.25) is 58.9 Å². The van der Waals surface area contributed by atoms with Gasteiger partial charge in [-0.05, 0) is 0 Å². The standard InChI is InChI=1S/C3H13B3N4Si.2C3H10Si.2CH4/c1-11(2,3)10-6-8-4-7-5-9-6;2*1-4(2)3;;/h7-10H,1-3H3;2*4H,1-3H3;2*1H4. The maximum Gasteiger partial charge on any atom is 0.366 e. The normalized spacial score (nSPS) is 13.4. The lowest BCUT2D eigenvalue weighted by molar-refractivity contribution is 1.15. The molecule has 0 bridgehead atoms. The Morgan fingerprint density at radius 2 is 1.10 bits per heavy atom. The first-order chi connectivity index (χ1) is 8.54. The van der Waals surface area contributed by atoms with Gasteiger partial charge in [0.25, 0.3) is 15.1 Å². The Kier molecular flexibility index (Phi) is 24.1. The van der Waals surface area contributed by atoms with E-state index in [1.807, 2.05) is 15.1 Å². The fourth-order valence-electron chi connectivity index (χ4n) is 0.869. The third-order valence-electron chi connectivity index (χ3n) is 1.24. The molecule has 0 saturated carbocycles. The van der Waals surface area contributed by atoms with Crippen molar-refractivity contribution in [3.8, 4) is 0 Å². The van der Waals surface area contributed by atoms with E-state index in [-0.39, 0.29) is 39.6 Å². The lowest BCUT2D eigenvalue weighted by atomic mass is 9.77. The average molecular weight is 346 g/mol. The summed E-state index contributed by atoms with van der Waals surface area (Å²) in [5.74, 6) is 0. The van der Waals surface area contributed by atoms with Crippen LogP contribution in [0.5, 0.6) is 0 Å². The summed E-state index contributed by atoms with van der Waals surface area (Å²) in [6.07, 6.45) is 0. The van der Waals surface area contributed by atoms with E-state index in [1.165, 1.54) is 0 Å². The van der Waals surface area contributed by atoms with Crippen molar-refractivity contribution in [1.29, 1.82) is 0 Å². The molecule has 0 amide bonds. The second-order valence-corrected chi connectivity index (χ2v) is 18.8. The van der Waals surface area contributed by atoms with Crippen LogP contribution in [-0.4, -0.2) is 48.0 Å². The highest BCUT2D eigenvalue weighted by molar-refractivity contribution is 6.86. The third-order valence-corrected chi connectivity index (χ3v) is 2.40. The highest BCUT2D eigenvalue weighted by atomic mass is 28.3. The van der Waals surface area contributed by atoms with E-state index >= 15 is 0 Å². The number of hydrogen-bond donors (Lipinski definition) is 4. The Morgan fingerprint density at radius 3 is 1.33 bits per heavy atom. The number of nitrogens with one attached hydrogen (secondary N) is 4. The van der Waals surface area contributed by atoms with Gasteiger partial charge in [-0.15, -0.1) is 0 Å². The van der Waals surface area contributed by atoms with Crippen LogP contribution in [0.1, 0.15) is 14.9 Å². The van der Waals surface area contributed by atoms with E-state index in [1.54, 1.807) is 0 Å². The molecule has 1 aliphatic rings. The summed E-state index contributed by atoms with van der Waals surface area (Å²) in [6.45, 7) is 20.6. The summed E-state index contributed by atoms with van der Waals surface area (Å²) in [5, 5.41) is 9.15. The lowest BCUT2D eigenvalue weighted by Gasteiger charge is -2.28. The third kappa shape index (κ3) is 38.6. The zero-order valence-corrected chi connectivity index (χ0v) is 17.7. The van der Waals surface area contributed by atoms with Gasteiger partial charge in [-0.25, -0.2) is 0 Å². The molecule has 2 radical (unpaired) electrons. The van der Waals surface area contributed by atoms with Gasteiger partial charge in [0.2, 0.25) is 0 Å². The van der Waals surface area contributed by atoms with Crippen LogP contribution in [-0.2, 0) is 0 Å². The molecular weight excluding hydrogens is 305 g/mol. The molecule has 21 heavy (non-hydrogen) atoms. The Hall–Kier alpha value is 0.685. The Bertz CT molecular complexity index is 190. The lowest BCUT2D eigenvalue weighted by Crippen LogP contribution is -2.73. The molecule has 1 aliphatic heterocycles. The molecule has 0 spiro atoms. The molecule has 4 N–H and O–H groups in total. The number of rotatable bonds is 2. The van der Waals surface area contributed by atoms with E-state index < -0.39 is 8.24 Å². The van der Waals surface area contributed by atoms with Crippen LogP contribution in [0.3, 0.4) is 0 Å². The van der Waals surface area contributed by atoms with E-state index in [0.29, 0.717) is 0 Å². The zero-order valence-electron chi connectivity index (χ0n) is 14.4. The molecule has 0 aromatic rings. The largest absolute Gasteiger partial charge is 0.379 e. The molecule has 10 heteroatoms. The summed E-state index contributed by atoms with van der Waals surface area (Å²) in [4.78, 5) is 3.47. The van der Waals surface area contributed by atoms with Crippen molar-refractivity contribution in [3.05, 3.63) is 0 Å². The van der Waals surface area contributed by atoms with E-state index in [2.05, 4.69) is 79.2 Å². The fraction of sp³-hybridized carbons (Fsp3) is 1.00. The van der Waals surface area contributed by atoms with E-state index in [9.17, 15) is 0 Å². The molecule has 1 saturated heterocycles. The second kappa shape index (κ2) is 17.0. The highest BCUT2D eigenvalue weighted by Gasteiger charge is 2.24. The van der Waals surface area contributed by atoms with Gasteiger partial charge in [-0.2, -0.15) is 0 Å². The predicted octanol–water partition coefficient (Wildman–Crippen LogP) is 1.72. The van der Waals surface area contributed by atoms with E-state index in [0.717, 1.165) is 0 Å². The topological polar surface area (TPSA) is 48.1 Å². The minimum atomic E-state index is -1.19. The Morgan fingerprint density at radius 1 is 0.810 bits per heavy atom. The van der Waals surface area contributed by atoms with E-state index in [4.69, 9.17) is 0 Å². The molecule has 126 valence electrons. The second-order valence-electron chi connectivity index (χ2n) is 7.08. The van der Waals surface area contributed by atoms with Crippen molar-refractivity contribution in [2.24, 2.45) is 0 Å². The Balaban J connectivity index is -0.000000123. The molecule has 0 aromatic heterocycles. The summed E-state index contributed by atoms with van der Waals surface area (Å²) < 4.78 is 0. The van der Waals surface area contributed by atoms with Crippen LogP contribution < -0.4 is 20.3 Å². The summed E-state index contributed by atoms with van der Waals surface area (Å²) in [6, 6.07) is 0. The monoisotopic (exact) mass is 346 g/mol. The smallest absolute Gasteiger partial charge is 0.366 e. The fourth-order valence-corrected chi connectivity index (χ4v) is 1.90. The van der Waals surface area contributed by atoms with Gasteiger partial charge in [0.05, 0.1) is 0 Å². The predicted molar refractivity (Wildman–Crippen MR) is 116 cm³/mol. The van der Waals surface area contributed by atoms with Gasteiger partial charge >= 0.3 is 7.12 Å². The maximum absolute atomic E-state index is 3.47. The summed E-state index contributed by atoms with van der Waals surface area (Å²) in [7, 11) is 2.35. The van der Waals surface area contributed by atoms with Gasteiger partial charge in [0, 0.05) is 17.6 Å². The van der Waals surface area contributed by atoms with Gasteiger partial charge in [-0.1, -0.05) is 73.8 Å². The first-order valence-corrected chi connectivity index (χ1v) is 17.7. The average Bonchev–Trinajstić information content (AvgIpc) is 2.14. The van der Waals surface area contributed by atoms with Crippen LogP contribution in [0.15, 0.2) is 0 Å². The SMILES string of the molecule is C.C.C[SiH](C)C.C[SiH](C)C.C[Si](C)(C)NB1N[B]N[B]N1. The minimum absolute atomic E-state index is 0. The Labute approximate surface area is 142 Å². The van der Waals surface area contributed by atoms with Crippen molar-refractivity contribution in [3.63, 3.8) is 0 Å². The molecule has 0 atom stereocenters.